The summed E-state index contributed by atoms with van der Waals surface area (Å²) < 4.78 is 5.27. The van der Waals surface area contributed by atoms with Gasteiger partial charge in [-0.05, 0) is 6.92 Å². The van der Waals surface area contributed by atoms with Crippen molar-refractivity contribution in [1.82, 2.24) is 0 Å². The first-order valence-electron chi connectivity index (χ1n) is 4.20. The molecular formula is C8H16O4. The third-order valence-corrected chi connectivity index (χ3v) is 2.58. The summed E-state index contributed by atoms with van der Waals surface area (Å²) in [5.74, 6) is -0.0946. The molecule has 1 fully saturated rings. The smallest absolute Gasteiger partial charge is 0.109 e. The van der Waals surface area contributed by atoms with Gasteiger partial charge < -0.3 is 20.1 Å². The fraction of sp³-hybridized carbons (Fsp3) is 1.00. The molecule has 0 amide bonds. The zero-order chi connectivity index (χ0) is 9.30. The van der Waals surface area contributed by atoms with Gasteiger partial charge in [0.1, 0.15) is 12.2 Å². The fourth-order valence-electron chi connectivity index (χ4n) is 1.44. The normalized spacial score (nSPS) is 49.2. The first kappa shape index (κ1) is 9.92. The Hall–Kier alpha value is -0.160. The summed E-state index contributed by atoms with van der Waals surface area (Å²) in [5.41, 5.74) is 0. The van der Waals surface area contributed by atoms with E-state index in [0.717, 1.165) is 0 Å². The summed E-state index contributed by atoms with van der Waals surface area (Å²) in [6, 6.07) is 0. The van der Waals surface area contributed by atoms with E-state index >= 15 is 0 Å². The van der Waals surface area contributed by atoms with Crippen molar-refractivity contribution in [3.05, 3.63) is 0 Å². The van der Waals surface area contributed by atoms with Crippen LogP contribution in [0.5, 0.6) is 0 Å². The van der Waals surface area contributed by atoms with E-state index in [1.165, 1.54) is 0 Å². The number of rotatable bonds is 1. The monoisotopic (exact) mass is 176 g/mol. The molecule has 2 unspecified atom stereocenters. The van der Waals surface area contributed by atoms with Crippen LogP contribution in [0.2, 0.25) is 0 Å². The summed E-state index contributed by atoms with van der Waals surface area (Å²) in [6.45, 7) is 3.38. The topological polar surface area (TPSA) is 69.9 Å². The molecule has 0 spiro atoms. The average Bonchev–Trinajstić information content (AvgIpc) is 2.08. The van der Waals surface area contributed by atoms with Crippen LogP contribution in [0, 0.1) is 5.92 Å². The van der Waals surface area contributed by atoms with Crippen LogP contribution in [0.4, 0.5) is 0 Å². The van der Waals surface area contributed by atoms with E-state index in [-0.39, 0.29) is 18.6 Å². The first-order chi connectivity index (χ1) is 5.57. The Morgan fingerprint density at radius 3 is 2.25 bits per heavy atom. The maximum Gasteiger partial charge on any atom is 0.109 e. The summed E-state index contributed by atoms with van der Waals surface area (Å²) in [5, 5.41) is 27.7. The molecule has 0 aliphatic carbocycles. The predicted molar refractivity (Wildman–Crippen MR) is 42.6 cm³/mol. The van der Waals surface area contributed by atoms with Gasteiger partial charge >= 0.3 is 0 Å². The van der Waals surface area contributed by atoms with Gasteiger partial charge in [0.2, 0.25) is 0 Å². The van der Waals surface area contributed by atoms with Gasteiger partial charge in [-0.1, -0.05) is 6.92 Å². The van der Waals surface area contributed by atoms with Crippen LogP contribution in [0.3, 0.4) is 0 Å². The molecule has 3 N–H and O–H groups in total. The van der Waals surface area contributed by atoms with Gasteiger partial charge in [0.15, 0.2) is 0 Å². The van der Waals surface area contributed by atoms with Gasteiger partial charge in [-0.25, -0.2) is 0 Å². The summed E-state index contributed by atoms with van der Waals surface area (Å²) in [4.78, 5) is 0. The quantitative estimate of drug-likeness (QED) is 0.485. The van der Waals surface area contributed by atoms with E-state index in [4.69, 9.17) is 9.84 Å². The highest BCUT2D eigenvalue weighted by molar-refractivity contribution is 4.87. The van der Waals surface area contributed by atoms with Crippen molar-refractivity contribution in [2.24, 2.45) is 5.92 Å². The molecule has 1 rings (SSSR count). The van der Waals surface area contributed by atoms with E-state index in [9.17, 15) is 10.2 Å². The van der Waals surface area contributed by atoms with Crippen molar-refractivity contribution >= 4 is 0 Å². The second kappa shape index (κ2) is 3.70. The van der Waals surface area contributed by atoms with Crippen molar-refractivity contribution in [3.63, 3.8) is 0 Å². The van der Waals surface area contributed by atoms with Gasteiger partial charge in [-0.3, -0.25) is 0 Å². The Kier molecular flexibility index (Phi) is 3.06. The van der Waals surface area contributed by atoms with Crippen molar-refractivity contribution < 1.29 is 20.1 Å². The number of aliphatic hydroxyl groups excluding tert-OH is 3. The standard InChI is InChI=1S/C8H16O4/c1-4-5(2)12-6(3-9)8(11)7(4)10/h4-11H,3H2,1-2H3/t4-,5-,6?,7+,8?/m1/s1. The zero-order valence-corrected chi connectivity index (χ0v) is 7.34. The molecule has 0 aromatic rings. The molecule has 4 nitrogen and oxygen atoms in total. The molecular weight excluding hydrogens is 160 g/mol. The van der Waals surface area contributed by atoms with Crippen LogP contribution < -0.4 is 0 Å². The Labute approximate surface area is 71.8 Å². The Morgan fingerprint density at radius 2 is 1.75 bits per heavy atom. The lowest BCUT2D eigenvalue weighted by molar-refractivity contribution is -0.200. The summed E-state index contributed by atoms with van der Waals surface area (Å²) >= 11 is 0. The van der Waals surface area contributed by atoms with E-state index in [1.54, 1.807) is 0 Å². The highest BCUT2D eigenvalue weighted by atomic mass is 16.5. The molecule has 72 valence electrons. The third kappa shape index (κ3) is 1.61. The van der Waals surface area contributed by atoms with Gasteiger partial charge in [-0.2, -0.15) is 0 Å². The number of hydrogen-bond acceptors (Lipinski definition) is 4. The van der Waals surface area contributed by atoms with Crippen molar-refractivity contribution in [1.29, 1.82) is 0 Å². The SMILES string of the molecule is C[C@H]1[C@H](O)C(O)C(CO)O[C@@H]1C. The molecule has 0 aromatic heterocycles. The van der Waals surface area contributed by atoms with Gasteiger partial charge in [0.05, 0.1) is 18.8 Å². The van der Waals surface area contributed by atoms with Crippen LogP contribution in [-0.2, 0) is 4.74 Å². The minimum Gasteiger partial charge on any atom is -0.394 e. The lowest BCUT2D eigenvalue weighted by Crippen LogP contribution is -2.53. The molecule has 1 aliphatic heterocycles. The maximum atomic E-state index is 9.48. The second-order valence-electron chi connectivity index (χ2n) is 3.40. The lowest BCUT2D eigenvalue weighted by Gasteiger charge is -2.39. The first-order valence-corrected chi connectivity index (χ1v) is 4.20. The van der Waals surface area contributed by atoms with E-state index in [0.29, 0.717) is 0 Å². The number of hydrogen-bond donors (Lipinski definition) is 3. The van der Waals surface area contributed by atoms with Crippen molar-refractivity contribution in [3.8, 4) is 0 Å². The van der Waals surface area contributed by atoms with E-state index < -0.39 is 18.3 Å². The molecule has 5 atom stereocenters. The molecule has 0 radical (unpaired) electrons. The van der Waals surface area contributed by atoms with Gasteiger partial charge in [-0.15, -0.1) is 0 Å². The molecule has 12 heavy (non-hydrogen) atoms. The van der Waals surface area contributed by atoms with Gasteiger partial charge in [0.25, 0.3) is 0 Å². The minimum atomic E-state index is -0.971. The average molecular weight is 176 g/mol. The van der Waals surface area contributed by atoms with Crippen LogP contribution >= 0.6 is 0 Å². The van der Waals surface area contributed by atoms with Crippen LogP contribution in [0.25, 0.3) is 0 Å². The number of aliphatic hydroxyl groups is 3. The molecule has 0 aromatic carbocycles. The van der Waals surface area contributed by atoms with Crippen molar-refractivity contribution in [2.75, 3.05) is 6.61 Å². The summed E-state index contributed by atoms with van der Waals surface area (Å²) in [7, 11) is 0. The molecule has 1 heterocycles. The predicted octanol–water partition coefficient (Wildman–Crippen LogP) is -0.876. The maximum absolute atomic E-state index is 9.48. The Bertz CT molecular complexity index is 145. The zero-order valence-electron chi connectivity index (χ0n) is 7.34. The molecule has 1 saturated heterocycles. The largest absolute Gasteiger partial charge is 0.394 e. The van der Waals surface area contributed by atoms with Crippen LogP contribution in [0.15, 0.2) is 0 Å². The third-order valence-electron chi connectivity index (χ3n) is 2.58. The van der Waals surface area contributed by atoms with Crippen LogP contribution in [0.1, 0.15) is 13.8 Å². The lowest BCUT2D eigenvalue weighted by atomic mass is 9.89. The van der Waals surface area contributed by atoms with E-state index in [2.05, 4.69) is 0 Å². The Morgan fingerprint density at radius 1 is 1.17 bits per heavy atom. The van der Waals surface area contributed by atoms with Crippen LogP contribution in [-0.4, -0.2) is 46.3 Å². The summed E-state index contributed by atoms with van der Waals surface area (Å²) in [6.07, 6.45) is -2.54. The molecule has 0 bridgehead atoms. The van der Waals surface area contributed by atoms with E-state index in [1.807, 2.05) is 13.8 Å². The molecule has 4 heteroatoms. The van der Waals surface area contributed by atoms with Crippen molar-refractivity contribution in [2.45, 2.75) is 38.3 Å². The highest BCUT2D eigenvalue weighted by Crippen LogP contribution is 2.25. The Balaban J connectivity index is 2.63. The second-order valence-corrected chi connectivity index (χ2v) is 3.40. The number of ether oxygens (including phenoxy) is 1. The fourth-order valence-corrected chi connectivity index (χ4v) is 1.44. The molecule has 1 aliphatic rings. The van der Waals surface area contributed by atoms with Gasteiger partial charge in [0, 0.05) is 5.92 Å². The molecule has 0 saturated carbocycles. The minimum absolute atomic E-state index is 0.0946. The highest BCUT2D eigenvalue weighted by Gasteiger charge is 2.39.